The fraction of sp³-hybridized carbons (Fsp3) is 0.467. The highest BCUT2D eigenvalue weighted by Crippen LogP contribution is 2.20. The van der Waals surface area contributed by atoms with Gasteiger partial charge in [0.2, 0.25) is 5.91 Å². The fourth-order valence-corrected chi connectivity index (χ4v) is 2.60. The van der Waals surface area contributed by atoms with Gasteiger partial charge in [0.05, 0.1) is 6.54 Å². The van der Waals surface area contributed by atoms with Gasteiger partial charge in [-0.3, -0.25) is 14.5 Å². The van der Waals surface area contributed by atoms with Gasteiger partial charge in [-0.2, -0.15) is 0 Å². The maximum Gasteiger partial charge on any atom is 0.217 e. The van der Waals surface area contributed by atoms with Crippen LogP contribution in [0.25, 0.3) is 0 Å². The van der Waals surface area contributed by atoms with Crippen LogP contribution in [0.5, 0.6) is 0 Å². The van der Waals surface area contributed by atoms with Gasteiger partial charge in [-0.15, -0.1) is 0 Å². The molecule has 1 saturated heterocycles. The van der Waals surface area contributed by atoms with Crippen LogP contribution in [0.1, 0.15) is 29.6 Å². The Morgan fingerprint density at radius 2 is 1.86 bits per heavy atom. The van der Waals surface area contributed by atoms with Gasteiger partial charge in [-0.25, -0.2) is 8.78 Å². The lowest BCUT2D eigenvalue weighted by atomic mass is 9.93. The normalized spacial score (nSPS) is 16.9. The first-order chi connectivity index (χ1) is 9.95. The van der Waals surface area contributed by atoms with Crippen LogP contribution in [-0.4, -0.2) is 36.2 Å². The SMILES string of the molecule is NC(=O)CC1CCN(CC(=O)c2ccc(F)c(F)c2)CC1. The summed E-state index contributed by atoms with van der Waals surface area (Å²) in [4.78, 5) is 24.8. The van der Waals surface area contributed by atoms with Crippen molar-refractivity contribution in [2.24, 2.45) is 11.7 Å². The van der Waals surface area contributed by atoms with E-state index in [1.54, 1.807) is 0 Å². The summed E-state index contributed by atoms with van der Waals surface area (Å²) >= 11 is 0. The number of likely N-dealkylation sites (tertiary alicyclic amines) is 1. The Morgan fingerprint density at radius 3 is 2.43 bits per heavy atom. The zero-order valence-corrected chi connectivity index (χ0v) is 11.6. The van der Waals surface area contributed by atoms with E-state index in [9.17, 15) is 18.4 Å². The number of benzene rings is 1. The predicted octanol–water partition coefficient (Wildman–Crippen LogP) is 1.73. The summed E-state index contributed by atoms with van der Waals surface area (Å²) in [5, 5.41) is 0. The number of piperidine rings is 1. The lowest BCUT2D eigenvalue weighted by Crippen LogP contribution is -2.38. The molecular weight excluding hydrogens is 278 g/mol. The maximum atomic E-state index is 13.1. The molecule has 0 radical (unpaired) electrons. The molecule has 1 aliphatic heterocycles. The highest BCUT2D eigenvalue weighted by molar-refractivity contribution is 5.97. The number of nitrogens with two attached hydrogens (primary N) is 1. The monoisotopic (exact) mass is 296 g/mol. The lowest BCUT2D eigenvalue weighted by molar-refractivity contribution is -0.119. The molecule has 0 aliphatic carbocycles. The van der Waals surface area contributed by atoms with Crippen molar-refractivity contribution in [3.8, 4) is 0 Å². The summed E-state index contributed by atoms with van der Waals surface area (Å²) in [6, 6.07) is 3.18. The van der Waals surface area contributed by atoms with E-state index >= 15 is 0 Å². The number of carbonyl (C=O) groups excluding carboxylic acids is 2. The van der Waals surface area contributed by atoms with E-state index in [0.29, 0.717) is 19.5 Å². The van der Waals surface area contributed by atoms with Gasteiger partial charge in [0.25, 0.3) is 0 Å². The van der Waals surface area contributed by atoms with E-state index in [-0.39, 0.29) is 29.7 Å². The molecule has 0 saturated carbocycles. The van der Waals surface area contributed by atoms with E-state index in [1.807, 2.05) is 4.90 Å². The van der Waals surface area contributed by atoms with Crippen molar-refractivity contribution in [2.45, 2.75) is 19.3 Å². The van der Waals surface area contributed by atoms with E-state index in [2.05, 4.69) is 0 Å². The van der Waals surface area contributed by atoms with E-state index in [0.717, 1.165) is 25.0 Å². The van der Waals surface area contributed by atoms with Crippen LogP contribution < -0.4 is 5.73 Å². The van der Waals surface area contributed by atoms with Crippen molar-refractivity contribution in [1.29, 1.82) is 0 Å². The molecule has 0 spiro atoms. The number of ketones is 1. The minimum absolute atomic E-state index is 0.174. The summed E-state index contributed by atoms with van der Waals surface area (Å²) in [6.45, 7) is 1.58. The van der Waals surface area contributed by atoms with Gasteiger partial charge >= 0.3 is 0 Å². The molecule has 2 rings (SSSR count). The summed E-state index contributed by atoms with van der Waals surface area (Å²) in [5.74, 6) is -2.23. The molecule has 0 bridgehead atoms. The maximum absolute atomic E-state index is 13.1. The summed E-state index contributed by atoms with van der Waals surface area (Å²) in [7, 11) is 0. The number of Topliss-reactive ketones (excluding diaryl/α,β-unsaturated/α-hetero) is 1. The molecule has 1 fully saturated rings. The van der Waals surface area contributed by atoms with Crippen molar-refractivity contribution in [3.05, 3.63) is 35.4 Å². The van der Waals surface area contributed by atoms with Crippen LogP contribution in [0.3, 0.4) is 0 Å². The molecule has 1 aromatic carbocycles. The smallest absolute Gasteiger partial charge is 0.217 e. The standard InChI is InChI=1S/C15H18F2N2O2/c16-12-2-1-11(8-13(12)17)14(20)9-19-5-3-10(4-6-19)7-15(18)21/h1-2,8,10H,3-7,9H2,(H2,18,21). The molecule has 1 aromatic rings. The van der Waals surface area contributed by atoms with Crippen LogP contribution in [0.2, 0.25) is 0 Å². The van der Waals surface area contributed by atoms with Crippen LogP contribution in [-0.2, 0) is 4.79 Å². The molecule has 4 nitrogen and oxygen atoms in total. The van der Waals surface area contributed by atoms with Crippen LogP contribution in [0.15, 0.2) is 18.2 Å². The third-order valence-electron chi connectivity index (χ3n) is 3.81. The van der Waals surface area contributed by atoms with Crippen molar-refractivity contribution < 1.29 is 18.4 Å². The number of nitrogens with zero attached hydrogens (tertiary/aromatic N) is 1. The molecule has 1 aliphatic rings. The Kier molecular flexibility index (Phi) is 5.01. The van der Waals surface area contributed by atoms with Gasteiger partial charge in [-0.05, 0) is 50.0 Å². The first-order valence-electron chi connectivity index (χ1n) is 6.94. The van der Waals surface area contributed by atoms with E-state index in [4.69, 9.17) is 5.73 Å². The first-order valence-corrected chi connectivity index (χ1v) is 6.94. The van der Waals surface area contributed by atoms with Crippen LogP contribution in [0, 0.1) is 17.6 Å². The molecule has 114 valence electrons. The van der Waals surface area contributed by atoms with Gasteiger partial charge < -0.3 is 5.73 Å². The Labute approximate surface area is 121 Å². The van der Waals surface area contributed by atoms with Crippen LogP contribution in [0.4, 0.5) is 8.78 Å². The zero-order valence-electron chi connectivity index (χ0n) is 11.6. The third-order valence-corrected chi connectivity index (χ3v) is 3.81. The van der Waals surface area contributed by atoms with Crippen LogP contribution >= 0.6 is 0 Å². The second-order valence-electron chi connectivity index (χ2n) is 5.44. The highest BCUT2D eigenvalue weighted by Gasteiger charge is 2.22. The first kappa shape index (κ1) is 15.6. The number of rotatable bonds is 5. The van der Waals surface area contributed by atoms with Crippen molar-refractivity contribution in [2.75, 3.05) is 19.6 Å². The predicted molar refractivity (Wildman–Crippen MR) is 73.7 cm³/mol. The van der Waals surface area contributed by atoms with Gasteiger partial charge in [0.15, 0.2) is 17.4 Å². The summed E-state index contributed by atoms with van der Waals surface area (Å²) < 4.78 is 25.9. The average molecular weight is 296 g/mol. The Bertz CT molecular complexity index is 540. The van der Waals surface area contributed by atoms with E-state index < -0.39 is 11.6 Å². The Hall–Kier alpha value is -1.82. The number of primary amides is 1. The molecule has 1 amide bonds. The molecule has 0 unspecified atom stereocenters. The summed E-state index contributed by atoms with van der Waals surface area (Å²) in [6.07, 6.45) is 2.01. The topological polar surface area (TPSA) is 63.4 Å². The molecule has 21 heavy (non-hydrogen) atoms. The van der Waals surface area contributed by atoms with Gasteiger partial charge in [-0.1, -0.05) is 0 Å². The van der Waals surface area contributed by atoms with Crippen molar-refractivity contribution in [1.82, 2.24) is 4.90 Å². The van der Waals surface area contributed by atoms with Crippen molar-refractivity contribution in [3.63, 3.8) is 0 Å². The number of hydrogen-bond donors (Lipinski definition) is 1. The second kappa shape index (κ2) is 6.76. The fourth-order valence-electron chi connectivity index (χ4n) is 2.60. The molecule has 0 aromatic heterocycles. The average Bonchev–Trinajstić information content (AvgIpc) is 2.43. The van der Waals surface area contributed by atoms with Crippen molar-refractivity contribution >= 4 is 11.7 Å². The number of hydrogen-bond acceptors (Lipinski definition) is 3. The van der Waals surface area contributed by atoms with Gasteiger partial charge in [0.1, 0.15) is 0 Å². The minimum atomic E-state index is -1.01. The molecule has 6 heteroatoms. The largest absolute Gasteiger partial charge is 0.370 e. The summed E-state index contributed by atoms with van der Waals surface area (Å²) in [5.41, 5.74) is 5.34. The quantitative estimate of drug-likeness (QED) is 0.842. The zero-order chi connectivity index (χ0) is 15.4. The minimum Gasteiger partial charge on any atom is -0.370 e. The Morgan fingerprint density at radius 1 is 1.19 bits per heavy atom. The molecule has 0 atom stereocenters. The molecule has 2 N–H and O–H groups in total. The number of amides is 1. The number of carbonyl (C=O) groups is 2. The number of halogens is 2. The Balaban J connectivity index is 1.86. The highest BCUT2D eigenvalue weighted by atomic mass is 19.2. The third kappa shape index (κ3) is 4.32. The van der Waals surface area contributed by atoms with Gasteiger partial charge in [0, 0.05) is 12.0 Å². The second-order valence-corrected chi connectivity index (χ2v) is 5.44. The molecular formula is C15H18F2N2O2. The lowest BCUT2D eigenvalue weighted by Gasteiger charge is -2.30. The molecule has 1 heterocycles. The van der Waals surface area contributed by atoms with E-state index in [1.165, 1.54) is 6.07 Å².